The lowest BCUT2D eigenvalue weighted by Gasteiger charge is -2.02. The van der Waals surface area contributed by atoms with E-state index < -0.39 is 0 Å². The normalized spacial score (nSPS) is 14.8. The van der Waals surface area contributed by atoms with Gasteiger partial charge in [0, 0.05) is 10.0 Å². The number of rotatable bonds is 5. The summed E-state index contributed by atoms with van der Waals surface area (Å²) in [6.45, 7) is 1.74. The summed E-state index contributed by atoms with van der Waals surface area (Å²) in [6, 6.07) is 4.89. The topological polar surface area (TPSA) is 40.7 Å². The third-order valence-corrected chi connectivity index (χ3v) is 3.76. The van der Waals surface area contributed by atoms with Gasteiger partial charge in [-0.05, 0) is 43.5 Å². The molecule has 2 N–H and O–H groups in total. The molecule has 1 saturated carbocycles. The first kappa shape index (κ1) is 12.8. The van der Waals surface area contributed by atoms with Crippen molar-refractivity contribution in [2.24, 2.45) is 5.92 Å². The fourth-order valence-corrected chi connectivity index (χ4v) is 2.37. The number of aromatic nitrogens is 2. The monoisotopic (exact) mass is 323 g/mol. The summed E-state index contributed by atoms with van der Waals surface area (Å²) >= 11 is 3.35. The maximum absolute atomic E-state index is 13.7. The SMILES string of the molecule is Fc1ccc(Br)cc1-c1cnc(CNCC2CC2)[nH]1. The maximum Gasteiger partial charge on any atom is 0.132 e. The molecule has 2 aromatic rings. The van der Waals surface area contributed by atoms with E-state index in [-0.39, 0.29) is 5.82 Å². The molecule has 3 rings (SSSR count). The van der Waals surface area contributed by atoms with Crippen LogP contribution < -0.4 is 5.32 Å². The molecule has 100 valence electrons. The van der Waals surface area contributed by atoms with Gasteiger partial charge in [-0.2, -0.15) is 0 Å². The van der Waals surface area contributed by atoms with E-state index in [9.17, 15) is 4.39 Å². The van der Waals surface area contributed by atoms with Crippen LogP contribution in [0.5, 0.6) is 0 Å². The summed E-state index contributed by atoms with van der Waals surface area (Å²) in [5.41, 5.74) is 1.25. The van der Waals surface area contributed by atoms with Gasteiger partial charge in [-0.25, -0.2) is 9.37 Å². The van der Waals surface area contributed by atoms with Crippen LogP contribution in [-0.2, 0) is 6.54 Å². The Kier molecular flexibility index (Phi) is 3.66. The quantitative estimate of drug-likeness (QED) is 0.884. The summed E-state index contributed by atoms with van der Waals surface area (Å²) in [4.78, 5) is 7.44. The van der Waals surface area contributed by atoms with Gasteiger partial charge >= 0.3 is 0 Å². The molecule has 0 spiro atoms. The van der Waals surface area contributed by atoms with E-state index in [4.69, 9.17) is 0 Å². The van der Waals surface area contributed by atoms with Crippen molar-refractivity contribution in [1.82, 2.24) is 15.3 Å². The molecule has 3 nitrogen and oxygen atoms in total. The summed E-state index contributed by atoms with van der Waals surface area (Å²) in [6.07, 6.45) is 4.35. The van der Waals surface area contributed by atoms with Crippen molar-refractivity contribution in [2.45, 2.75) is 19.4 Å². The predicted molar refractivity (Wildman–Crippen MR) is 76.1 cm³/mol. The third kappa shape index (κ3) is 3.22. The summed E-state index contributed by atoms with van der Waals surface area (Å²) in [5.74, 6) is 1.44. The van der Waals surface area contributed by atoms with Crippen LogP contribution in [-0.4, -0.2) is 16.5 Å². The number of nitrogens with zero attached hydrogens (tertiary/aromatic N) is 1. The summed E-state index contributed by atoms with van der Waals surface area (Å²) < 4.78 is 14.6. The average molecular weight is 324 g/mol. The zero-order valence-corrected chi connectivity index (χ0v) is 12.0. The molecule has 1 aliphatic rings. The molecular formula is C14H15BrFN3. The van der Waals surface area contributed by atoms with Crippen LogP contribution >= 0.6 is 15.9 Å². The second-order valence-electron chi connectivity index (χ2n) is 4.94. The Morgan fingerprint density at radius 2 is 2.26 bits per heavy atom. The molecule has 1 heterocycles. The van der Waals surface area contributed by atoms with Crippen molar-refractivity contribution >= 4 is 15.9 Å². The maximum atomic E-state index is 13.7. The molecule has 5 heteroatoms. The van der Waals surface area contributed by atoms with E-state index in [1.807, 2.05) is 0 Å². The van der Waals surface area contributed by atoms with Crippen LogP contribution in [0.1, 0.15) is 18.7 Å². The minimum Gasteiger partial charge on any atom is -0.341 e. The van der Waals surface area contributed by atoms with E-state index in [2.05, 4.69) is 31.2 Å². The van der Waals surface area contributed by atoms with Gasteiger partial charge in [-0.1, -0.05) is 15.9 Å². The number of hydrogen-bond donors (Lipinski definition) is 2. The molecule has 0 atom stereocenters. The highest BCUT2D eigenvalue weighted by molar-refractivity contribution is 9.10. The van der Waals surface area contributed by atoms with Crippen molar-refractivity contribution in [1.29, 1.82) is 0 Å². The second-order valence-corrected chi connectivity index (χ2v) is 5.86. The minimum atomic E-state index is -0.246. The van der Waals surface area contributed by atoms with Crippen LogP contribution in [0.15, 0.2) is 28.9 Å². The highest BCUT2D eigenvalue weighted by atomic mass is 79.9. The Bertz CT molecular complexity index is 578. The number of nitrogens with one attached hydrogen (secondary N) is 2. The van der Waals surface area contributed by atoms with Gasteiger partial charge in [-0.3, -0.25) is 0 Å². The Morgan fingerprint density at radius 1 is 1.42 bits per heavy atom. The predicted octanol–water partition coefficient (Wildman–Crippen LogP) is 3.48. The first-order chi connectivity index (χ1) is 9.22. The van der Waals surface area contributed by atoms with Crippen LogP contribution in [0, 0.1) is 11.7 Å². The zero-order valence-electron chi connectivity index (χ0n) is 10.4. The molecule has 1 aliphatic carbocycles. The molecule has 1 fully saturated rings. The van der Waals surface area contributed by atoms with E-state index in [1.54, 1.807) is 18.3 Å². The smallest absolute Gasteiger partial charge is 0.132 e. The second kappa shape index (κ2) is 5.43. The van der Waals surface area contributed by atoms with Gasteiger partial charge in [0.1, 0.15) is 11.6 Å². The summed E-state index contributed by atoms with van der Waals surface area (Å²) in [7, 11) is 0. The van der Waals surface area contributed by atoms with E-state index >= 15 is 0 Å². The molecular weight excluding hydrogens is 309 g/mol. The zero-order chi connectivity index (χ0) is 13.2. The van der Waals surface area contributed by atoms with Crippen LogP contribution in [0.4, 0.5) is 4.39 Å². The molecule has 0 radical (unpaired) electrons. The Balaban J connectivity index is 1.70. The van der Waals surface area contributed by atoms with Gasteiger partial charge in [-0.15, -0.1) is 0 Å². The number of H-pyrrole nitrogens is 1. The first-order valence-electron chi connectivity index (χ1n) is 6.42. The Labute approximate surface area is 119 Å². The Hall–Kier alpha value is -1.20. The van der Waals surface area contributed by atoms with Crippen molar-refractivity contribution in [3.8, 4) is 11.3 Å². The minimum absolute atomic E-state index is 0.246. The third-order valence-electron chi connectivity index (χ3n) is 3.27. The molecule has 0 aliphatic heterocycles. The van der Waals surface area contributed by atoms with Crippen LogP contribution in [0.2, 0.25) is 0 Å². The van der Waals surface area contributed by atoms with E-state index in [0.717, 1.165) is 22.8 Å². The first-order valence-corrected chi connectivity index (χ1v) is 7.21. The highest BCUT2D eigenvalue weighted by Crippen LogP contribution is 2.28. The summed E-state index contributed by atoms with van der Waals surface area (Å²) in [5, 5.41) is 3.36. The van der Waals surface area contributed by atoms with Crippen molar-refractivity contribution < 1.29 is 4.39 Å². The number of hydrogen-bond acceptors (Lipinski definition) is 2. The number of benzene rings is 1. The molecule has 1 aromatic heterocycles. The molecule has 1 aromatic carbocycles. The van der Waals surface area contributed by atoms with Crippen LogP contribution in [0.3, 0.4) is 0 Å². The van der Waals surface area contributed by atoms with Crippen LogP contribution in [0.25, 0.3) is 11.3 Å². The van der Waals surface area contributed by atoms with Gasteiger partial charge in [0.15, 0.2) is 0 Å². The van der Waals surface area contributed by atoms with Gasteiger partial charge in [0.2, 0.25) is 0 Å². The van der Waals surface area contributed by atoms with E-state index in [0.29, 0.717) is 17.8 Å². The van der Waals surface area contributed by atoms with Gasteiger partial charge in [0.05, 0.1) is 18.4 Å². The lowest BCUT2D eigenvalue weighted by atomic mass is 10.1. The molecule has 0 bridgehead atoms. The van der Waals surface area contributed by atoms with Crippen molar-refractivity contribution in [2.75, 3.05) is 6.54 Å². The lowest BCUT2D eigenvalue weighted by Crippen LogP contribution is -2.16. The average Bonchev–Trinajstić information content (AvgIpc) is 3.10. The highest BCUT2D eigenvalue weighted by Gasteiger charge is 2.20. The Morgan fingerprint density at radius 3 is 3.05 bits per heavy atom. The molecule has 0 unspecified atom stereocenters. The van der Waals surface area contributed by atoms with Gasteiger partial charge in [0.25, 0.3) is 0 Å². The van der Waals surface area contributed by atoms with Gasteiger partial charge < -0.3 is 10.3 Å². The number of halogens is 2. The molecule has 0 saturated heterocycles. The lowest BCUT2D eigenvalue weighted by molar-refractivity contribution is 0.622. The largest absolute Gasteiger partial charge is 0.341 e. The standard InChI is InChI=1S/C14H15BrFN3/c15-10-3-4-12(16)11(5-10)13-7-18-14(19-13)8-17-6-9-1-2-9/h3-5,7,9,17H,1-2,6,8H2,(H,18,19). The fourth-order valence-electron chi connectivity index (χ4n) is 2.01. The fraction of sp³-hybridized carbons (Fsp3) is 0.357. The van der Waals surface area contributed by atoms with E-state index in [1.165, 1.54) is 18.9 Å². The van der Waals surface area contributed by atoms with Crippen molar-refractivity contribution in [3.05, 3.63) is 40.5 Å². The number of imidazole rings is 1. The molecule has 0 amide bonds. The number of aromatic amines is 1. The molecule has 19 heavy (non-hydrogen) atoms. The van der Waals surface area contributed by atoms with Crippen molar-refractivity contribution in [3.63, 3.8) is 0 Å².